The predicted molar refractivity (Wildman–Crippen MR) is 149 cm³/mol. The summed E-state index contributed by atoms with van der Waals surface area (Å²) in [4.78, 5) is 33.9. The van der Waals surface area contributed by atoms with E-state index in [1.54, 1.807) is 11.0 Å². The van der Waals surface area contributed by atoms with E-state index in [1.165, 1.54) is 35.1 Å². The maximum absolute atomic E-state index is 15.2. The fraction of sp³-hybridized carbons (Fsp3) is 0.370. The number of urea groups is 1. The highest BCUT2D eigenvalue weighted by molar-refractivity contribution is 6.01. The van der Waals surface area contributed by atoms with Crippen molar-refractivity contribution in [1.82, 2.24) is 29.6 Å². The van der Waals surface area contributed by atoms with Crippen molar-refractivity contribution in [1.29, 1.82) is 0 Å². The lowest BCUT2D eigenvalue weighted by Crippen LogP contribution is -2.34. The number of hydrogen-bond acceptors (Lipinski definition) is 8. The Hall–Kier alpha value is -4.52. The van der Waals surface area contributed by atoms with Crippen LogP contribution < -0.4 is 16.4 Å². The van der Waals surface area contributed by atoms with Crippen LogP contribution in [0.2, 0.25) is 0 Å². The van der Waals surface area contributed by atoms with Gasteiger partial charge in [-0.25, -0.2) is 14.2 Å². The van der Waals surface area contributed by atoms with Crippen molar-refractivity contribution >= 4 is 34.9 Å². The first-order chi connectivity index (χ1) is 18.9. The Morgan fingerprint density at radius 1 is 1.15 bits per heavy atom. The van der Waals surface area contributed by atoms with E-state index in [1.807, 2.05) is 34.9 Å². The molecule has 4 aromatic rings. The number of carbonyl (C=O) groups is 2. The molecule has 5 rings (SSSR count). The van der Waals surface area contributed by atoms with Gasteiger partial charge in [0, 0.05) is 53.6 Å². The second-order valence-corrected chi connectivity index (χ2v) is 11.1. The Morgan fingerprint density at radius 3 is 2.58 bits per heavy atom. The Morgan fingerprint density at radius 2 is 1.93 bits per heavy atom. The molecule has 0 radical (unpaired) electrons. The first-order valence-corrected chi connectivity index (χ1v) is 12.9. The SMILES string of the molecule is CN(C)C1CCN(C(=O)c2cnn3c(N)c(-c4ccc(NC(=O)Nc5cc(C(C)(C)C)on5)cc4F)cnc23)C1. The molecule has 1 atom stereocenters. The molecular formula is C27H32FN9O3. The molecule has 0 saturated carbocycles. The van der Waals surface area contributed by atoms with Crippen LogP contribution in [0, 0.1) is 5.82 Å². The second-order valence-electron chi connectivity index (χ2n) is 11.1. The quantitative estimate of drug-likeness (QED) is 0.340. The standard InChI is InChI=1S/C27H32FN9O3/c1-27(2,3)21-11-22(34-40-21)33-26(39)32-15-6-7-17(20(28)10-15)18-12-30-24-19(13-31-37(24)23(18)29)25(38)36-9-8-16(14-36)35(4)5/h6-7,10-13,16H,8-9,14,29H2,1-5H3,(H2,32,33,34,39). The van der Waals surface area contributed by atoms with E-state index in [2.05, 4.69) is 30.8 Å². The minimum absolute atomic E-state index is 0.134. The molecule has 1 aliphatic heterocycles. The number of nitrogens with two attached hydrogens (primary N) is 1. The number of fused-ring (bicyclic) bond motifs is 1. The molecule has 0 aliphatic carbocycles. The third-order valence-electron chi connectivity index (χ3n) is 6.98. The molecule has 1 aliphatic rings. The monoisotopic (exact) mass is 549 g/mol. The summed E-state index contributed by atoms with van der Waals surface area (Å²) in [7, 11) is 3.99. The molecule has 4 N–H and O–H groups in total. The number of nitrogens with one attached hydrogen (secondary N) is 2. The Balaban J connectivity index is 1.32. The molecule has 1 unspecified atom stereocenters. The highest BCUT2D eigenvalue weighted by Crippen LogP contribution is 2.31. The second kappa shape index (κ2) is 10.2. The van der Waals surface area contributed by atoms with Crippen LogP contribution in [0.5, 0.6) is 0 Å². The summed E-state index contributed by atoms with van der Waals surface area (Å²) in [5.41, 5.74) is 7.42. The predicted octanol–water partition coefficient (Wildman–Crippen LogP) is 3.82. The van der Waals surface area contributed by atoms with Crippen molar-refractivity contribution in [3.8, 4) is 11.1 Å². The third kappa shape index (κ3) is 5.19. The molecule has 3 aromatic heterocycles. The lowest BCUT2D eigenvalue weighted by atomic mass is 9.93. The first-order valence-electron chi connectivity index (χ1n) is 12.9. The minimum Gasteiger partial charge on any atom is -0.383 e. The molecule has 1 saturated heterocycles. The van der Waals surface area contributed by atoms with Gasteiger partial charge in [0.25, 0.3) is 5.91 Å². The number of benzene rings is 1. The average molecular weight is 550 g/mol. The van der Waals surface area contributed by atoms with Crippen LogP contribution in [0.1, 0.15) is 43.3 Å². The van der Waals surface area contributed by atoms with Gasteiger partial charge in [0.05, 0.1) is 6.20 Å². The number of hydrogen-bond donors (Lipinski definition) is 3. The number of likely N-dealkylation sites (N-methyl/N-ethyl adjacent to an activating group) is 1. The number of aromatic nitrogens is 4. The number of likely N-dealkylation sites (tertiary alicyclic amines) is 1. The Bertz CT molecular complexity index is 1590. The van der Waals surface area contributed by atoms with E-state index < -0.39 is 11.8 Å². The molecule has 13 heteroatoms. The van der Waals surface area contributed by atoms with Crippen LogP contribution in [0.3, 0.4) is 0 Å². The summed E-state index contributed by atoms with van der Waals surface area (Å²) < 4.78 is 21.8. The molecule has 1 aromatic carbocycles. The third-order valence-corrected chi connectivity index (χ3v) is 6.98. The van der Waals surface area contributed by atoms with Gasteiger partial charge in [-0.15, -0.1) is 0 Å². The summed E-state index contributed by atoms with van der Waals surface area (Å²) in [5, 5.41) is 13.2. The number of carbonyl (C=O) groups excluding carboxylic acids is 2. The fourth-order valence-corrected chi connectivity index (χ4v) is 4.60. The maximum Gasteiger partial charge on any atom is 0.324 e. The zero-order valence-corrected chi connectivity index (χ0v) is 23.0. The van der Waals surface area contributed by atoms with Crippen LogP contribution in [-0.2, 0) is 5.41 Å². The molecule has 0 bridgehead atoms. The Kier molecular flexibility index (Phi) is 6.92. The fourth-order valence-electron chi connectivity index (χ4n) is 4.60. The van der Waals surface area contributed by atoms with E-state index in [4.69, 9.17) is 10.3 Å². The van der Waals surface area contributed by atoms with Crippen LogP contribution in [0.4, 0.5) is 26.5 Å². The number of anilines is 3. The van der Waals surface area contributed by atoms with Gasteiger partial charge in [0.15, 0.2) is 11.5 Å². The summed E-state index contributed by atoms with van der Waals surface area (Å²) in [6.45, 7) is 7.15. The highest BCUT2D eigenvalue weighted by Gasteiger charge is 2.30. The van der Waals surface area contributed by atoms with Crippen molar-refractivity contribution in [2.45, 2.75) is 38.6 Å². The number of nitrogen functional groups attached to an aromatic ring is 1. The van der Waals surface area contributed by atoms with Crippen molar-refractivity contribution in [2.24, 2.45) is 0 Å². The number of amides is 3. The topological polar surface area (TPSA) is 147 Å². The number of nitrogens with zero attached hydrogens (tertiary/aromatic N) is 6. The molecular weight excluding hydrogens is 517 g/mol. The molecule has 3 amide bonds. The Labute approximate surface area is 230 Å². The van der Waals surface area contributed by atoms with E-state index >= 15 is 4.39 Å². The van der Waals surface area contributed by atoms with Gasteiger partial charge < -0.3 is 25.4 Å². The smallest absolute Gasteiger partial charge is 0.324 e. The molecule has 210 valence electrons. The molecule has 40 heavy (non-hydrogen) atoms. The van der Waals surface area contributed by atoms with Crippen LogP contribution in [0.25, 0.3) is 16.8 Å². The molecule has 12 nitrogen and oxygen atoms in total. The molecule has 1 fully saturated rings. The normalized spacial score (nSPS) is 15.7. The molecule has 0 spiro atoms. The van der Waals surface area contributed by atoms with Crippen LogP contribution in [-0.4, -0.2) is 74.7 Å². The summed E-state index contributed by atoms with van der Waals surface area (Å²) in [5.74, 6) is 0.196. The highest BCUT2D eigenvalue weighted by atomic mass is 19.1. The van der Waals surface area contributed by atoms with Gasteiger partial charge in [-0.2, -0.15) is 9.61 Å². The lowest BCUT2D eigenvalue weighted by molar-refractivity contribution is 0.0784. The zero-order valence-electron chi connectivity index (χ0n) is 23.0. The maximum atomic E-state index is 15.2. The molecule has 4 heterocycles. The van der Waals surface area contributed by atoms with Crippen molar-refractivity contribution in [3.05, 3.63) is 53.8 Å². The van der Waals surface area contributed by atoms with Gasteiger partial charge in [0.1, 0.15) is 23.0 Å². The van der Waals surface area contributed by atoms with Gasteiger partial charge in [-0.05, 0) is 38.7 Å². The van der Waals surface area contributed by atoms with Crippen molar-refractivity contribution < 1.29 is 18.5 Å². The van der Waals surface area contributed by atoms with Gasteiger partial charge in [0.2, 0.25) is 0 Å². The van der Waals surface area contributed by atoms with Crippen LogP contribution >= 0.6 is 0 Å². The van der Waals surface area contributed by atoms with Crippen molar-refractivity contribution in [2.75, 3.05) is 43.6 Å². The summed E-state index contributed by atoms with van der Waals surface area (Å²) in [6, 6.07) is 5.53. The first kappa shape index (κ1) is 27.1. The zero-order chi connectivity index (χ0) is 28.8. The van der Waals surface area contributed by atoms with Crippen LogP contribution in [0.15, 0.2) is 41.2 Å². The lowest BCUT2D eigenvalue weighted by Gasteiger charge is -2.20. The average Bonchev–Trinajstić information content (AvgIpc) is 3.64. The van der Waals surface area contributed by atoms with E-state index in [0.29, 0.717) is 41.7 Å². The van der Waals surface area contributed by atoms with Gasteiger partial charge >= 0.3 is 6.03 Å². The summed E-state index contributed by atoms with van der Waals surface area (Å²) >= 11 is 0. The van der Waals surface area contributed by atoms with Gasteiger partial charge in [-0.3, -0.25) is 10.1 Å². The summed E-state index contributed by atoms with van der Waals surface area (Å²) in [6.07, 6.45) is 3.75. The minimum atomic E-state index is -0.627. The largest absolute Gasteiger partial charge is 0.383 e. The van der Waals surface area contributed by atoms with E-state index in [9.17, 15) is 9.59 Å². The van der Waals surface area contributed by atoms with Crippen molar-refractivity contribution in [3.63, 3.8) is 0 Å². The van der Waals surface area contributed by atoms with E-state index in [-0.39, 0.29) is 34.2 Å². The number of rotatable bonds is 5. The van der Waals surface area contributed by atoms with Gasteiger partial charge in [-0.1, -0.05) is 25.9 Å². The number of halogens is 1. The van der Waals surface area contributed by atoms with E-state index in [0.717, 1.165) is 6.42 Å².